The number of nitrogens with zero attached hydrogens (tertiary/aromatic N) is 1. The summed E-state index contributed by atoms with van der Waals surface area (Å²) in [7, 11) is 0. The van der Waals surface area contributed by atoms with Crippen molar-refractivity contribution in [2.45, 2.75) is 70.7 Å². The highest BCUT2D eigenvalue weighted by molar-refractivity contribution is 5.88. The minimum Gasteiger partial charge on any atom is -0.490 e. The molecule has 2 aliphatic rings. The summed E-state index contributed by atoms with van der Waals surface area (Å²) in [6.45, 7) is 3.98. The number of carbonyl (C=O) groups is 1. The van der Waals surface area contributed by atoms with Crippen LogP contribution >= 0.6 is 0 Å². The number of halogens is 5. The molecule has 8 heteroatoms. The molecule has 186 valence electrons. The largest absolute Gasteiger partial charge is 0.490 e. The van der Waals surface area contributed by atoms with Crippen LogP contribution in [0.5, 0.6) is 5.75 Å². The van der Waals surface area contributed by atoms with E-state index in [0.29, 0.717) is 17.3 Å². The van der Waals surface area contributed by atoms with Crippen molar-refractivity contribution in [3.8, 4) is 5.75 Å². The van der Waals surface area contributed by atoms with Gasteiger partial charge in [0.15, 0.2) is 0 Å². The standard InChI is InChI=1S/C26H30F5NO2/c1-16(33)18-10-12-32(13-11-18)15-17-2-8-22-19(14-17)3-9-23(24(22)25(27)28)34-21-6-4-20(5-7-21)26(29,30)31/h2-3,8-9,14,18,20-21,25H,4-7,10-13,15H2,1H3. The van der Waals surface area contributed by atoms with E-state index in [1.807, 2.05) is 12.1 Å². The number of alkyl halides is 5. The summed E-state index contributed by atoms with van der Waals surface area (Å²) in [5, 5.41) is 1.08. The predicted molar refractivity (Wildman–Crippen MR) is 120 cm³/mol. The second-order valence-electron chi connectivity index (χ2n) is 9.63. The number of rotatable bonds is 6. The first-order chi connectivity index (χ1) is 16.1. The lowest BCUT2D eigenvalue weighted by molar-refractivity contribution is -0.185. The van der Waals surface area contributed by atoms with Crippen molar-refractivity contribution in [2.24, 2.45) is 11.8 Å². The van der Waals surface area contributed by atoms with Crippen molar-refractivity contribution in [3.63, 3.8) is 0 Å². The SMILES string of the molecule is CC(=O)C1CCN(Cc2ccc3c(C(F)F)c(OC4CCC(C(F)(F)F)CC4)ccc3c2)CC1. The minimum atomic E-state index is -4.22. The van der Waals surface area contributed by atoms with Crippen molar-refractivity contribution in [2.75, 3.05) is 13.1 Å². The number of ketones is 1. The molecule has 2 fully saturated rings. The summed E-state index contributed by atoms with van der Waals surface area (Å²) in [6.07, 6.45) is -5.49. The van der Waals surface area contributed by atoms with Gasteiger partial charge < -0.3 is 4.74 Å². The Labute approximate surface area is 196 Å². The summed E-state index contributed by atoms with van der Waals surface area (Å²) < 4.78 is 72.6. The molecule has 0 amide bonds. The van der Waals surface area contributed by atoms with E-state index in [9.17, 15) is 26.7 Å². The highest BCUT2D eigenvalue weighted by atomic mass is 19.4. The number of fused-ring (bicyclic) bond motifs is 1. The van der Waals surface area contributed by atoms with E-state index in [2.05, 4.69) is 4.90 Å². The van der Waals surface area contributed by atoms with Gasteiger partial charge in [-0.05, 0) is 87.0 Å². The van der Waals surface area contributed by atoms with E-state index in [-0.39, 0.29) is 48.7 Å². The van der Waals surface area contributed by atoms with Gasteiger partial charge in [-0.25, -0.2) is 8.78 Å². The number of likely N-dealkylation sites (tertiary alicyclic amines) is 1. The summed E-state index contributed by atoms with van der Waals surface area (Å²) in [4.78, 5) is 13.8. The van der Waals surface area contributed by atoms with Crippen molar-refractivity contribution >= 4 is 16.6 Å². The Bertz CT molecular complexity index is 1010. The first-order valence-electron chi connectivity index (χ1n) is 11.9. The number of Topliss-reactive ketones (excluding diaryl/α,β-unsaturated/α-hetero) is 1. The quantitative estimate of drug-likeness (QED) is 0.411. The molecule has 1 aliphatic carbocycles. The third-order valence-electron chi connectivity index (χ3n) is 7.30. The molecule has 0 spiro atoms. The Morgan fingerprint density at radius 2 is 1.71 bits per heavy atom. The fourth-order valence-corrected chi connectivity index (χ4v) is 5.25. The molecule has 3 nitrogen and oxygen atoms in total. The monoisotopic (exact) mass is 483 g/mol. The Kier molecular flexibility index (Phi) is 7.45. The normalized spacial score (nSPS) is 22.9. The molecule has 0 atom stereocenters. The molecule has 34 heavy (non-hydrogen) atoms. The molecule has 0 radical (unpaired) electrons. The number of carbonyl (C=O) groups excluding carboxylic acids is 1. The Morgan fingerprint density at radius 1 is 1.03 bits per heavy atom. The highest BCUT2D eigenvalue weighted by Crippen LogP contribution is 2.41. The second kappa shape index (κ2) is 10.2. The molecule has 1 saturated carbocycles. The first-order valence-corrected chi connectivity index (χ1v) is 11.9. The zero-order valence-electron chi connectivity index (χ0n) is 19.2. The zero-order valence-corrected chi connectivity index (χ0v) is 19.2. The van der Waals surface area contributed by atoms with Gasteiger partial charge in [-0.1, -0.05) is 18.2 Å². The molecular formula is C26H30F5NO2. The molecule has 1 saturated heterocycles. The third-order valence-corrected chi connectivity index (χ3v) is 7.30. The van der Waals surface area contributed by atoms with Crippen LogP contribution in [0.15, 0.2) is 30.3 Å². The number of hydrogen-bond acceptors (Lipinski definition) is 3. The van der Waals surface area contributed by atoms with Gasteiger partial charge in [0.2, 0.25) is 0 Å². The van der Waals surface area contributed by atoms with Crippen LogP contribution in [0.1, 0.15) is 63.0 Å². The van der Waals surface area contributed by atoms with E-state index in [1.165, 1.54) is 6.07 Å². The van der Waals surface area contributed by atoms with E-state index >= 15 is 0 Å². The van der Waals surface area contributed by atoms with Gasteiger partial charge in [-0.3, -0.25) is 9.69 Å². The highest BCUT2D eigenvalue weighted by Gasteiger charge is 2.42. The summed E-state index contributed by atoms with van der Waals surface area (Å²) in [5.74, 6) is -0.929. The molecule has 2 aromatic carbocycles. The van der Waals surface area contributed by atoms with Crippen molar-refractivity contribution in [1.82, 2.24) is 4.90 Å². The van der Waals surface area contributed by atoms with Crippen LogP contribution < -0.4 is 4.74 Å². The zero-order chi connectivity index (χ0) is 24.5. The molecule has 0 unspecified atom stereocenters. The molecule has 0 bridgehead atoms. The van der Waals surface area contributed by atoms with Gasteiger partial charge in [0.1, 0.15) is 11.5 Å². The molecule has 2 aromatic rings. The van der Waals surface area contributed by atoms with E-state index in [1.54, 1.807) is 19.1 Å². The third kappa shape index (κ3) is 5.70. The lowest BCUT2D eigenvalue weighted by Gasteiger charge is -2.31. The predicted octanol–water partition coefficient (Wildman–Crippen LogP) is 7.08. The fraction of sp³-hybridized carbons (Fsp3) is 0.577. The average molecular weight is 484 g/mol. The van der Waals surface area contributed by atoms with E-state index < -0.39 is 24.6 Å². The Morgan fingerprint density at radius 3 is 2.29 bits per heavy atom. The molecule has 4 rings (SSSR count). The van der Waals surface area contributed by atoms with Gasteiger partial charge in [0.25, 0.3) is 6.43 Å². The first kappa shape index (κ1) is 24.9. The number of benzene rings is 2. The molecule has 1 heterocycles. The van der Waals surface area contributed by atoms with Crippen LogP contribution in [-0.4, -0.2) is 36.1 Å². The van der Waals surface area contributed by atoms with Crippen LogP contribution in [0.4, 0.5) is 22.0 Å². The van der Waals surface area contributed by atoms with Crippen molar-refractivity contribution < 1.29 is 31.5 Å². The van der Waals surface area contributed by atoms with Gasteiger partial charge in [0.05, 0.1) is 17.6 Å². The summed E-state index contributed by atoms with van der Waals surface area (Å²) in [5.41, 5.74) is 0.803. The smallest absolute Gasteiger partial charge is 0.391 e. The lowest BCUT2D eigenvalue weighted by Crippen LogP contribution is -2.35. The Hall–Kier alpha value is -2.22. The van der Waals surface area contributed by atoms with Crippen LogP contribution in [-0.2, 0) is 11.3 Å². The van der Waals surface area contributed by atoms with Crippen LogP contribution in [0.2, 0.25) is 0 Å². The van der Waals surface area contributed by atoms with Crippen LogP contribution in [0.25, 0.3) is 10.8 Å². The Balaban J connectivity index is 1.47. The molecule has 0 aromatic heterocycles. The van der Waals surface area contributed by atoms with Gasteiger partial charge in [-0.2, -0.15) is 13.2 Å². The molecular weight excluding hydrogens is 453 g/mol. The van der Waals surface area contributed by atoms with Gasteiger partial charge >= 0.3 is 6.18 Å². The fourth-order valence-electron chi connectivity index (χ4n) is 5.25. The molecule has 1 aliphatic heterocycles. The summed E-state index contributed by atoms with van der Waals surface area (Å²) in [6, 6.07) is 8.67. The maximum Gasteiger partial charge on any atom is 0.391 e. The second-order valence-corrected chi connectivity index (χ2v) is 9.63. The number of hydrogen-bond donors (Lipinski definition) is 0. The maximum atomic E-state index is 14.0. The van der Waals surface area contributed by atoms with Crippen molar-refractivity contribution in [1.29, 1.82) is 0 Å². The molecule has 0 N–H and O–H groups in total. The average Bonchev–Trinajstić information content (AvgIpc) is 2.79. The topological polar surface area (TPSA) is 29.5 Å². The number of piperidine rings is 1. The summed E-state index contributed by atoms with van der Waals surface area (Å²) >= 11 is 0. The maximum absolute atomic E-state index is 14.0. The van der Waals surface area contributed by atoms with E-state index in [0.717, 1.165) is 31.5 Å². The van der Waals surface area contributed by atoms with Crippen LogP contribution in [0.3, 0.4) is 0 Å². The van der Waals surface area contributed by atoms with Gasteiger partial charge in [0, 0.05) is 12.5 Å². The van der Waals surface area contributed by atoms with E-state index in [4.69, 9.17) is 4.74 Å². The lowest BCUT2D eigenvalue weighted by atomic mass is 9.87. The number of ether oxygens (including phenoxy) is 1. The minimum absolute atomic E-state index is 0.0429. The van der Waals surface area contributed by atoms with Gasteiger partial charge in [-0.15, -0.1) is 0 Å². The van der Waals surface area contributed by atoms with Crippen molar-refractivity contribution in [3.05, 3.63) is 41.5 Å². The van der Waals surface area contributed by atoms with Crippen LogP contribution in [0, 0.1) is 11.8 Å².